The third-order valence-electron chi connectivity index (χ3n) is 3.21. The van der Waals surface area contributed by atoms with Crippen molar-refractivity contribution in [2.75, 3.05) is 7.11 Å². The summed E-state index contributed by atoms with van der Waals surface area (Å²) in [4.78, 5) is 5.40. The number of benzene rings is 2. The van der Waals surface area contributed by atoms with Crippen LogP contribution in [0.5, 0.6) is 0 Å². The second kappa shape index (κ2) is 4.22. The number of hydrogen-bond donors (Lipinski definition) is 0. The third kappa shape index (κ3) is 1.66. The molecular formula is C16H15NO. The zero-order valence-corrected chi connectivity index (χ0v) is 10.6. The smallest absolute Gasteiger partial charge is 0.104 e. The van der Waals surface area contributed by atoms with Crippen LogP contribution < -0.4 is 4.84 Å². The molecule has 0 fully saturated rings. The van der Waals surface area contributed by atoms with E-state index >= 15 is 0 Å². The Bertz CT molecular complexity index is 683. The predicted molar refractivity (Wildman–Crippen MR) is 74.6 cm³/mol. The van der Waals surface area contributed by atoms with Crippen LogP contribution in [0.25, 0.3) is 22.0 Å². The minimum atomic E-state index is 1.11. The van der Waals surface area contributed by atoms with Crippen molar-refractivity contribution >= 4 is 10.9 Å². The molecule has 0 unspecified atom stereocenters. The van der Waals surface area contributed by atoms with E-state index in [0.29, 0.717) is 0 Å². The molecule has 0 aliphatic heterocycles. The first-order valence-corrected chi connectivity index (χ1v) is 6.01. The highest BCUT2D eigenvalue weighted by atomic mass is 16.6. The van der Waals surface area contributed by atoms with Crippen molar-refractivity contribution in [3.8, 4) is 11.1 Å². The van der Waals surface area contributed by atoms with Gasteiger partial charge in [0, 0.05) is 10.9 Å². The lowest BCUT2D eigenvalue weighted by molar-refractivity contribution is 0.179. The molecule has 0 amide bonds. The van der Waals surface area contributed by atoms with Gasteiger partial charge in [-0.3, -0.25) is 0 Å². The molecule has 0 aliphatic rings. The first-order valence-electron chi connectivity index (χ1n) is 6.01. The van der Waals surface area contributed by atoms with Crippen LogP contribution >= 0.6 is 0 Å². The van der Waals surface area contributed by atoms with Crippen LogP contribution in [-0.4, -0.2) is 11.8 Å². The molecule has 3 aromatic rings. The first kappa shape index (κ1) is 10.9. The number of nitrogens with zero attached hydrogens (tertiary/aromatic N) is 1. The Morgan fingerprint density at radius 3 is 2.50 bits per heavy atom. The van der Waals surface area contributed by atoms with Crippen LogP contribution in [0.4, 0.5) is 0 Å². The number of rotatable bonds is 2. The normalized spacial score (nSPS) is 10.8. The number of hydrogen-bond acceptors (Lipinski definition) is 1. The van der Waals surface area contributed by atoms with Gasteiger partial charge in [0.25, 0.3) is 0 Å². The molecule has 0 bridgehead atoms. The highest BCUT2D eigenvalue weighted by molar-refractivity contribution is 5.96. The Kier molecular flexibility index (Phi) is 2.56. The molecule has 2 aromatic carbocycles. The Morgan fingerprint density at radius 1 is 1.00 bits per heavy atom. The monoisotopic (exact) mass is 237 g/mol. The maximum Gasteiger partial charge on any atom is 0.104 e. The number of aromatic nitrogens is 1. The molecule has 18 heavy (non-hydrogen) atoms. The largest absolute Gasteiger partial charge is 0.417 e. The molecule has 1 heterocycles. The first-order chi connectivity index (χ1) is 8.79. The summed E-state index contributed by atoms with van der Waals surface area (Å²) in [6.07, 6.45) is 2.04. The average molecular weight is 237 g/mol. The topological polar surface area (TPSA) is 14.2 Å². The lowest BCUT2D eigenvalue weighted by Gasteiger charge is -2.01. The van der Waals surface area contributed by atoms with Crippen molar-refractivity contribution in [2.24, 2.45) is 0 Å². The Balaban J connectivity index is 2.31. The van der Waals surface area contributed by atoms with Crippen molar-refractivity contribution in [3.05, 3.63) is 60.3 Å². The van der Waals surface area contributed by atoms with Crippen LogP contribution in [-0.2, 0) is 0 Å². The highest BCUT2D eigenvalue weighted by Crippen LogP contribution is 2.30. The number of aryl methyl sites for hydroxylation is 1. The fraction of sp³-hybridized carbons (Fsp3) is 0.125. The van der Waals surface area contributed by atoms with Gasteiger partial charge in [-0.15, -0.1) is 0 Å². The summed E-state index contributed by atoms with van der Waals surface area (Å²) in [6.45, 7) is 2.09. The Labute approximate surface area is 106 Å². The zero-order valence-electron chi connectivity index (χ0n) is 10.6. The van der Waals surface area contributed by atoms with Gasteiger partial charge in [-0.25, -0.2) is 0 Å². The van der Waals surface area contributed by atoms with Crippen molar-refractivity contribution < 1.29 is 4.84 Å². The van der Waals surface area contributed by atoms with Crippen molar-refractivity contribution in [2.45, 2.75) is 6.92 Å². The fourth-order valence-corrected chi connectivity index (χ4v) is 2.31. The van der Waals surface area contributed by atoms with E-state index < -0.39 is 0 Å². The Morgan fingerprint density at radius 2 is 1.78 bits per heavy atom. The minimum absolute atomic E-state index is 1.11. The van der Waals surface area contributed by atoms with E-state index in [1.54, 1.807) is 7.11 Å². The Hall–Kier alpha value is -2.22. The molecule has 0 saturated heterocycles. The van der Waals surface area contributed by atoms with Crippen LogP contribution in [0.15, 0.2) is 54.7 Å². The number of fused-ring (bicyclic) bond motifs is 1. The van der Waals surface area contributed by atoms with E-state index in [0.717, 1.165) is 5.52 Å². The maximum absolute atomic E-state index is 5.40. The van der Waals surface area contributed by atoms with Gasteiger partial charge in [0.05, 0.1) is 11.7 Å². The quantitative estimate of drug-likeness (QED) is 0.663. The van der Waals surface area contributed by atoms with E-state index in [1.807, 2.05) is 17.0 Å². The van der Waals surface area contributed by atoms with Gasteiger partial charge < -0.3 is 4.84 Å². The summed E-state index contributed by atoms with van der Waals surface area (Å²) in [5.74, 6) is 0. The average Bonchev–Trinajstić information content (AvgIpc) is 2.77. The zero-order chi connectivity index (χ0) is 12.5. The molecule has 90 valence electrons. The molecule has 2 nitrogen and oxygen atoms in total. The van der Waals surface area contributed by atoms with Gasteiger partial charge in [0.1, 0.15) is 7.11 Å². The predicted octanol–water partition coefficient (Wildman–Crippen LogP) is 3.68. The summed E-state index contributed by atoms with van der Waals surface area (Å²) >= 11 is 0. The molecule has 0 saturated carbocycles. The van der Waals surface area contributed by atoms with Crippen LogP contribution in [0.1, 0.15) is 5.56 Å². The summed E-state index contributed by atoms with van der Waals surface area (Å²) in [5, 5.41) is 1.22. The van der Waals surface area contributed by atoms with Crippen LogP contribution in [0, 0.1) is 6.92 Å². The molecule has 0 spiro atoms. The molecule has 3 rings (SSSR count). The van der Waals surface area contributed by atoms with Crippen molar-refractivity contribution in [1.29, 1.82) is 0 Å². The van der Waals surface area contributed by atoms with Gasteiger partial charge >= 0.3 is 0 Å². The van der Waals surface area contributed by atoms with E-state index in [4.69, 9.17) is 4.84 Å². The lowest BCUT2D eigenvalue weighted by Crippen LogP contribution is -2.02. The molecule has 2 heteroatoms. The molecule has 0 atom stereocenters. The standard InChI is InChI=1S/C16H15NO/c1-12-8-9-14-15(13-6-4-3-5-7-13)11-17(18-2)16(14)10-12/h3-11H,1-2H3. The third-order valence-corrected chi connectivity index (χ3v) is 3.21. The SMILES string of the molecule is COn1cc(-c2ccccc2)c2ccc(C)cc21. The molecule has 0 radical (unpaired) electrons. The molecule has 1 aromatic heterocycles. The molecule has 0 aliphatic carbocycles. The minimum Gasteiger partial charge on any atom is -0.417 e. The van der Waals surface area contributed by atoms with Crippen LogP contribution in [0.2, 0.25) is 0 Å². The van der Waals surface area contributed by atoms with Gasteiger partial charge in [-0.2, -0.15) is 4.73 Å². The van der Waals surface area contributed by atoms with Crippen molar-refractivity contribution in [3.63, 3.8) is 0 Å². The maximum atomic E-state index is 5.40. The van der Waals surface area contributed by atoms with E-state index in [1.165, 1.54) is 22.1 Å². The van der Waals surface area contributed by atoms with Gasteiger partial charge in [-0.05, 0) is 24.1 Å². The lowest BCUT2D eigenvalue weighted by atomic mass is 10.0. The fourth-order valence-electron chi connectivity index (χ4n) is 2.31. The second-order valence-corrected chi connectivity index (χ2v) is 4.44. The van der Waals surface area contributed by atoms with E-state index in [-0.39, 0.29) is 0 Å². The van der Waals surface area contributed by atoms with Gasteiger partial charge in [0.2, 0.25) is 0 Å². The van der Waals surface area contributed by atoms with Crippen molar-refractivity contribution in [1.82, 2.24) is 4.73 Å². The highest BCUT2D eigenvalue weighted by Gasteiger charge is 2.10. The van der Waals surface area contributed by atoms with E-state index in [9.17, 15) is 0 Å². The van der Waals surface area contributed by atoms with Crippen LogP contribution in [0.3, 0.4) is 0 Å². The second-order valence-electron chi connectivity index (χ2n) is 4.44. The van der Waals surface area contributed by atoms with Gasteiger partial charge in [0.15, 0.2) is 0 Å². The summed E-state index contributed by atoms with van der Waals surface area (Å²) in [5.41, 5.74) is 4.75. The summed E-state index contributed by atoms with van der Waals surface area (Å²) in [6, 6.07) is 16.8. The molecule has 0 N–H and O–H groups in total. The molecular weight excluding hydrogens is 222 g/mol. The summed E-state index contributed by atoms with van der Waals surface area (Å²) in [7, 11) is 1.69. The summed E-state index contributed by atoms with van der Waals surface area (Å²) < 4.78 is 1.82. The van der Waals surface area contributed by atoms with Gasteiger partial charge in [-0.1, -0.05) is 42.5 Å². The van der Waals surface area contributed by atoms with E-state index in [2.05, 4.69) is 49.4 Å².